The van der Waals surface area contributed by atoms with Gasteiger partial charge in [-0.05, 0) is 55.6 Å². The first kappa shape index (κ1) is 22.7. The summed E-state index contributed by atoms with van der Waals surface area (Å²) in [4.78, 5) is 11.1. The summed E-state index contributed by atoms with van der Waals surface area (Å²) < 4.78 is 32.5. The number of nitriles is 1. The van der Waals surface area contributed by atoms with E-state index < -0.39 is 10.0 Å². The van der Waals surface area contributed by atoms with E-state index in [0.29, 0.717) is 41.7 Å². The van der Waals surface area contributed by atoms with Gasteiger partial charge in [0, 0.05) is 43.6 Å². The molecule has 170 valence electrons. The summed E-state index contributed by atoms with van der Waals surface area (Å²) >= 11 is 0. The van der Waals surface area contributed by atoms with Gasteiger partial charge in [-0.15, -0.1) is 0 Å². The molecule has 0 bridgehead atoms. The van der Waals surface area contributed by atoms with Crippen LogP contribution in [0.3, 0.4) is 0 Å². The van der Waals surface area contributed by atoms with E-state index in [4.69, 9.17) is 4.74 Å². The minimum atomic E-state index is -3.52. The minimum absolute atomic E-state index is 0.259. The zero-order valence-electron chi connectivity index (χ0n) is 18.4. The highest BCUT2D eigenvalue weighted by molar-refractivity contribution is 7.89. The first-order chi connectivity index (χ1) is 15.9. The van der Waals surface area contributed by atoms with Gasteiger partial charge in [-0.1, -0.05) is 0 Å². The van der Waals surface area contributed by atoms with Gasteiger partial charge < -0.3 is 15.0 Å². The van der Waals surface area contributed by atoms with Gasteiger partial charge in [0.25, 0.3) is 0 Å². The number of hydrogen-bond acceptors (Lipinski definition) is 8. The van der Waals surface area contributed by atoms with E-state index in [0.717, 1.165) is 18.7 Å². The van der Waals surface area contributed by atoms with Gasteiger partial charge in [0.2, 0.25) is 16.0 Å². The Balaban J connectivity index is 1.51. The number of nitrogens with zero attached hydrogens (tertiary/aromatic N) is 5. The van der Waals surface area contributed by atoms with Gasteiger partial charge in [0.1, 0.15) is 11.8 Å². The second-order valence-corrected chi connectivity index (χ2v) is 9.59. The van der Waals surface area contributed by atoms with Crippen molar-refractivity contribution >= 4 is 21.7 Å². The largest absolute Gasteiger partial charge is 0.495 e. The Morgan fingerprint density at radius 3 is 2.45 bits per heavy atom. The van der Waals surface area contributed by atoms with Crippen molar-refractivity contribution in [3.63, 3.8) is 0 Å². The van der Waals surface area contributed by atoms with Gasteiger partial charge in [-0.2, -0.15) is 9.57 Å². The molecule has 1 aromatic heterocycles. The van der Waals surface area contributed by atoms with Gasteiger partial charge in [0.05, 0.1) is 23.3 Å². The average molecular weight is 465 g/mol. The van der Waals surface area contributed by atoms with Crippen LogP contribution in [0.25, 0.3) is 11.3 Å². The predicted molar refractivity (Wildman–Crippen MR) is 125 cm³/mol. The molecule has 10 heteroatoms. The van der Waals surface area contributed by atoms with Crippen LogP contribution in [0.4, 0.5) is 11.6 Å². The molecule has 1 aliphatic heterocycles. The number of aromatic nitrogens is 2. The first-order valence-electron chi connectivity index (χ1n) is 10.4. The van der Waals surface area contributed by atoms with E-state index >= 15 is 0 Å². The summed E-state index contributed by atoms with van der Waals surface area (Å²) in [6.45, 7) is 2.41. The third kappa shape index (κ3) is 4.96. The SMILES string of the molecule is COc1ccc(-c2ccnc(Nc3ccc(S(=O)(=O)N4CCN(C)CC4)cc3)n2)cc1C#N. The molecule has 4 rings (SSSR count). The summed E-state index contributed by atoms with van der Waals surface area (Å²) in [6, 6.07) is 15.7. The molecule has 0 atom stereocenters. The second kappa shape index (κ2) is 9.54. The highest BCUT2D eigenvalue weighted by Gasteiger charge is 2.27. The maximum absolute atomic E-state index is 12.9. The molecule has 1 aliphatic rings. The van der Waals surface area contributed by atoms with Crippen LogP contribution in [0.15, 0.2) is 59.6 Å². The van der Waals surface area contributed by atoms with Gasteiger partial charge in [-0.25, -0.2) is 18.4 Å². The number of hydrogen-bond donors (Lipinski definition) is 1. The van der Waals surface area contributed by atoms with E-state index in [-0.39, 0.29) is 4.90 Å². The molecule has 0 aliphatic carbocycles. The van der Waals surface area contributed by atoms with Crippen molar-refractivity contribution in [2.24, 2.45) is 0 Å². The summed E-state index contributed by atoms with van der Waals surface area (Å²) in [7, 11) is -0.0164. The van der Waals surface area contributed by atoms with Gasteiger partial charge >= 0.3 is 0 Å². The zero-order chi connectivity index (χ0) is 23.4. The van der Waals surface area contributed by atoms with Gasteiger partial charge in [-0.3, -0.25) is 0 Å². The summed E-state index contributed by atoms with van der Waals surface area (Å²) in [5.41, 5.74) is 2.48. The van der Waals surface area contributed by atoms with Crippen molar-refractivity contribution in [1.82, 2.24) is 19.2 Å². The van der Waals surface area contributed by atoms with Crippen LogP contribution >= 0.6 is 0 Å². The number of likely N-dealkylation sites (N-methyl/N-ethyl adjacent to an activating group) is 1. The maximum atomic E-state index is 12.9. The number of ether oxygens (including phenoxy) is 1. The standard InChI is InChI=1S/C23H24N6O3S/c1-28-11-13-29(14-12-28)33(30,31)20-6-4-19(5-7-20)26-23-25-10-9-21(27-23)17-3-8-22(32-2)18(15-17)16-24/h3-10,15H,11-14H2,1-2H3,(H,25,26,27). The normalized spacial score (nSPS) is 15.1. The molecule has 0 amide bonds. The Hall–Kier alpha value is -3.52. The van der Waals surface area contributed by atoms with E-state index in [1.807, 2.05) is 13.1 Å². The lowest BCUT2D eigenvalue weighted by Gasteiger charge is -2.31. The number of sulfonamides is 1. The molecule has 0 saturated carbocycles. The summed E-state index contributed by atoms with van der Waals surface area (Å²) in [5, 5.41) is 12.4. The van der Waals surface area contributed by atoms with Crippen molar-refractivity contribution in [1.29, 1.82) is 5.26 Å². The molecule has 0 spiro atoms. The van der Waals surface area contributed by atoms with E-state index in [1.165, 1.54) is 11.4 Å². The molecular formula is C23H24N6O3S. The topological polar surface area (TPSA) is 111 Å². The van der Waals surface area contributed by atoms with E-state index in [1.54, 1.807) is 48.7 Å². The fraction of sp³-hybridized carbons (Fsp3) is 0.261. The van der Waals surface area contributed by atoms with Crippen LogP contribution in [0.2, 0.25) is 0 Å². The zero-order valence-corrected chi connectivity index (χ0v) is 19.2. The lowest BCUT2D eigenvalue weighted by molar-refractivity contribution is 0.222. The molecule has 33 heavy (non-hydrogen) atoms. The Morgan fingerprint density at radius 1 is 1.06 bits per heavy atom. The minimum Gasteiger partial charge on any atom is -0.495 e. The number of piperazine rings is 1. The highest BCUT2D eigenvalue weighted by Crippen LogP contribution is 2.26. The molecule has 3 aromatic rings. The molecule has 0 radical (unpaired) electrons. The van der Waals surface area contributed by atoms with Crippen LogP contribution in [-0.4, -0.2) is 67.9 Å². The smallest absolute Gasteiger partial charge is 0.243 e. The fourth-order valence-corrected chi connectivity index (χ4v) is 4.97. The van der Waals surface area contributed by atoms with E-state index in [2.05, 4.69) is 26.3 Å². The molecule has 0 unspecified atom stereocenters. The Kier molecular flexibility index (Phi) is 6.55. The first-order valence-corrected chi connectivity index (χ1v) is 11.8. The Morgan fingerprint density at radius 2 is 1.79 bits per heavy atom. The van der Waals surface area contributed by atoms with Crippen molar-refractivity contribution in [2.45, 2.75) is 4.90 Å². The second-order valence-electron chi connectivity index (χ2n) is 7.65. The quantitative estimate of drug-likeness (QED) is 0.593. The van der Waals surface area contributed by atoms with Crippen LogP contribution < -0.4 is 10.1 Å². The molecule has 2 heterocycles. The molecule has 1 fully saturated rings. The number of methoxy groups -OCH3 is 1. The molecule has 1 N–H and O–H groups in total. The predicted octanol–water partition coefficient (Wildman–Crippen LogP) is 2.70. The Labute approximate surface area is 193 Å². The fourth-order valence-electron chi connectivity index (χ4n) is 3.55. The van der Waals surface area contributed by atoms with Crippen molar-refractivity contribution in [3.05, 3.63) is 60.3 Å². The van der Waals surface area contributed by atoms with Crippen LogP contribution in [0.1, 0.15) is 5.56 Å². The number of benzene rings is 2. The van der Waals surface area contributed by atoms with Crippen LogP contribution in [0, 0.1) is 11.3 Å². The van der Waals surface area contributed by atoms with Crippen LogP contribution in [-0.2, 0) is 10.0 Å². The molecule has 1 saturated heterocycles. The summed E-state index contributed by atoms with van der Waals surface area (Å²) in [5.74, 6) is 0.858. The van der Waals surface area contributed by atoms with Gasteiger partial charge in [0.15, 0.2) is 0 Å². The summed E-state index contributed by atoms with van der Waals surface area (Å²) in [6.07, 6.45) is 1.62. The van der Waals surface area contributed by atoms with Crippen molar-refractivity contribution < 1.29 is 13.2 Å². The third-order valence-electron chi connectivity index (χ3n) is 5.48. The monoisotopic (exact) mass is 464 g/mol. The van der Waals surface area contributed by atoms with E-state index in [9.17, 15) is 13.7 Å². The molecule has 2 aromatic carbocycles. The highest BCUT2D eigenvalue weighted by atomic mass is 32.2. The average Bonchev–Trinajstić information content (AvgIpc) is 2.84. The maximum Gasteiger partial charge on any atom is 0.243 e. The molecule has 9 nitrogen and oxygen atoms in total. The Bertz CT molecular complexity index is 1280. The third-order valence-corrected chi connectivity index (χ3v) is 7.39. The number of anilines is 2. The van der Waals surface area contributed by atoms with Crippen molar-refractivity contribution in [2.75, 3.05) is 45.7 Å². The lowest BCUT2D eigenvalue weighted by Crippen LogP contribution is -2.46. The van der Waals surface area contributed by atoms with Crippen molar-refractivity contribution in [3.8, 4) is 23.1 Å². The van der Waals surface area contributed by atoms with Crippen LogP contribution in [0.5, 0.6) is 5.75 Å². The number of rotatable bonds is 6. The lowest BCUT2D eigenvalue weighted by atomic mass is 10.1. The molecular weight excluding hydrogens is 440 g/mol. The number of nitrogens with one attached hydrogen (secondary N) is 1.